The number of thiazole rings is 1. The summed E-state index contributed by atoms with van der Waals surface area (Å²) < 4.78 is 1.68. The predicted molar refractivity (Wildman–Crippen MR) is 84.1 cm³/mol. The molecule has 2 aromatic heterocycles. The molecule has 110 valence electrons. The van der Waals surface area contributed by atoms with E-state index in [4.69, 9.17) is 0 Å². The van der Waals surface area contributed by atoms with Gasteiger partial charge >= 0.3 is 0 Å². The number of nitrogens with zero attached hydrogens (tertiary/aromatic N) is 3. The zero-order chi connectivity index (χ0) is 13.4. The third-order valence-corrected chi connectivity index (χ3v) is 4.41. The van der Waals surface area contributed by atoms with Crippen molar-refractivity contribution in [1.29, 1.82) is 0 Å². The van der Waals surface area contributed by atoms with Crippen molar-refractivity contribution in [3.8, 4) is 0 Å². The van der Waals surface area contributed by atoms with Crippen molar-refractivity contribution in [3.05, 3.63) is 33.2 Å². The number of fused-ring (bicyclic) bond motifs is 1. The number of nitrogens with one attached hydrogen (secondary N) is 1. The number of aryl methyl sites for hydroxylation is 1. The van der Waals surface area contributed by atoms with E-state index in [1.165, 1.54) is 11.3 Å². The lowest BCUT2D eigenvalue weighted by Gasteiger charge is -2.31. The minimum Gasteiger partial charge on any atom is -0.312 e. The molecular weight excluding hydrogens is 296 g/mol. The van der Waals surface area contributed by atoms with Crippen LogP contribution in [0.2, 0.25) is 0 Å². The Hall–Kier alpha value is -0.950. The minimum atomic E-state index is 0. The van der Waals surface area contributed by atoms with Crippen LogP contribution >= 0.6 is 23.7 Å². The van der Waals surface area contributed by atoms with Gasteiger partial charge in [0.2, 0.25) is 0 Å². The van der Waals surface area contributed by atoms with Gasteiger partial charge in [-0.1, -0.05) is 0 Å². The third-order valence-electron chi connectivity index (χ3n) is 3.47. The van der Waals surface area contributed by atoms with Gasteiger partial charge in [-0.05, 0) is 13.8 Å². The van der Waals surface area contributed by atoms with Crippen molar-refractivity contribution in [2.24, 2.45) is 0 Å². The molecule has 1 atom stereocenters. The Morgan fingerprint density at radius 2 is 2.35 bits per heavy atom. The highest BCUT2D eigenvalue weighted by Crippen LogP contribution is 2.12. The summed E-state index contributed by atoms with van der Waals surface area (Å²) in [5.74, 6) is 0. The molecule has 5 nitrogen and oxygen atoms in total. The fourth-order valence-electron chi connectivity index (χ4n) is 2.57. The summed E-state index contributed by atoms with van der Waals surface area (Å²) in [6.45, 7) is 7.89. The van der Waals surface area contributed by atoms with Crippen molar-refractivity contribution in [2.75, 3.05) is 19.6 Å². The Morgan fingerprint density at radius 3 is 3.10 bits per heavy atom. The highest BCUT2D eigenvalue weighted by Gasteiger charge is 2.17. The maximum absolute atomic E-state index is 12.1. The average Bonchev–Trinajstić information content (AvgIpc) is 2.71. The normalized spacial score (nSPS) is 20.0. The van der Waals surface area contributed by atoms with E-state index in [9.17, 15) is 4.79 Å². The first-order valence-corrected chi connectivity index (χ1v) is 7.44. The van der Waals surface area contributed by atoms with Crippen LogP contribution < -0.4 is 10.9 Å². The van der Waals surface area contributed by atoms with Crippen LogP contribution in [0.25, 0.3) is 4.96 Å². The molecule has 0 spiro atoms. The van der Waals surface area contributed by atoms with Gasteiger partial charge in [0.1, 0.15) is 0 Å². The van der Waals surface area contributed by atoms with Crippen LogP contribution in [0.15, 0.2) is 16.2 Å². The maximum Gasteiger partial charge on any atom is 0.259 e. The van der Waals surface area contributed by atoms with E-state index in [1.54, 1.807) is 10.5 Å². The van der Waals surface area contributed by atoms with Gasteiger partial charge in [0.15, 0.2) is 4.96 Å². The van der Waals surface area contributed by atoms with E-state index in [-0.39, 0.29) is 18.0 Å². The van der Waals surface area contributed by atoms with E-state index in [0.29, 0.717) is 6.04 Å². The molecule has 0 bridgehead atoms. The second kappa shape index (κ2) is 6.22. The van der Waals surface area contributed by atoms with Gasteiger partial charge < -0.3 is 5.32 Å². The quantitative estimate of drug-likeness (QED) is 0.907. The second-order valence-electron chi connectivity index (χ2n) is 5.17. The predicted octanol–water partition coefficient (Wildman–Crippen LogP) is 1.28. The van der Waals surface area contributed by atoms with Crippen LogP contribution in [-0.4, -0.2) is 40.0 Å². The molecule has 3 heterocycles. The molecule has 20 heavy (non-hydrogen) atoms. The number of hydrogen-bond donors (Lipinski definition) is 1. The molecule has 1 N–H and O–H groups in total. The first kappa shape index (κ1) is 15.4. The van der Waals surface area contributed by atoms with Crippen molar-refractivity contribution >= 4 is 28.7 Å². The van der Waals surface area contributed by atoms with Crippen LogP contribution in [0.4, 0.5) is 0 Å². The van der Waals surface area contributed by atoms with Gasteiger partial charge in [0.05, 0.1) is 5.69 Å². The maximum atomic E-state index is 12.1. The standard InChI is InChI=1S/C13H18N4OS.ClH/c1-9-6-16(4-3-14-9)7-11-5-12(18)17-10(2)8-19-13(17)15-11;/h5,8-9,14H,3-4,6-7H2,1-2H3;1H. The van der Waals surface area contributed by atoms with Crippen molar-refractivity contribution in [3.63, 3.8) is 0 Å². The Morgan fingerprint density at radius 1 is 1.55 bits per heavy atom. The number of rotatable bonds is 2. The van der Waals surface area contributed by atoms with Crippen molar-refractivity contribution < 1.29 is 0 Å². The zero-order valence-electron chi connectivity index (χ0n) is 11.6. The first-order valence-electron chi connectivity index (χ1n) is 6.56. The number of piperazine rings is 1. The highest BCUT2D eigenvalue weighted by atomic mass is 35.5. The molecule has 0 saturated carbocycles. The molecule has 0 aliphatic carbocycles. The molecular formula is C13H19ClN4OS. The van der Waals surface area contributed by atoms with Gasteiger partial charge in [-0.15, -0.1) is 23.7 Å². The molecule has 0 aromatic carbocycles. The average molecular weight is 315 g/mol. The Labute approximate surface area is 128 Å². The Balaban J connectivity index is 0.00000147. The topological polar surface area (TPSA) is 49.6 Å². The van der Waals surface area contributed by atoms with Gasteiger partial charge in [0, 0.05) is 49.4 Å². The third kappa shape index (κ3) is 3.03. The van der Waals surface area contributed by atoms with Gasteiger partial charge in [-0.3, -0.25) is 14.1 Å². The molecule has 1 fully saturated rings. The molecule has 3 rings (SSSR count). The van der Waals surface area contributed by atoms with E-state index in [2.05, 4.69) is 22.1 Å². The van der Waals surface area contributed by atoms with E-state index >= 15 is 0 Å². The number of aromatic nitrogens is 2. The molecule has 0 amide bonds. The summed E-state index contributed by atoms with van der Waals surface area (Å²) in [5, 5.41) is 5.39. The SMILES string of the molecule is Cc1csc2nc(CN3CCNC(C)C3)cc(=O)n12.Cl. The molecule has 1 saturated heterocycles. The first-order chi connectivity index (χ1) is 9.13. The van der Waals surface area contributed by atoms with Crippen LogP contribution in [0.1, 0.15) is 18.3 Å². The molecule has 1 aliphatic rings. The van der Waals surface area contributed by atoms with Crippen LogP contribution in [0.5, 0.6) is 0 Å². The summed E-state index contributed by atoms with van der Waals surface area (Å²) in [6, 6.07) is 2.17. The van der Waals surface area contributed by atoms with E-state index in [1.807, 2.05) is 12.3 Å². The largest absolute Gasteiger partial charge is 0.312 e. The lowest BCUT2D eigenvalue weighted by molar-refractivity contribution is 0.197. The fourth-order valence-corrected chi connectivity index (χ4v) is 3.46. The smallest absolute Gasteiger partial charge is 0.259 e. The molecule has 1 unspecified atom stereocenters. The second-order valence-corrected chi connectivity index (χ2v) is 6.01. The highest BCUT2D eigenvalue weighted by molar-refractivity contribution is 7.15. The zero-order valence-corrected chi connectivity index (χ0v) is 13.3. The Kier molecular flexibility index (Phi) is 4.80. The van der Waals surface area contributed by atoms with Crippen LogP contribution in [0, 0.1) is 6.92 Å². The number of hydrogen-bond acceptors (Lipinski definition) is 5. The lowest BCUT2D eigenvalue weighted by Crippen LogP contribution is -2.48. The summed E-state index contributed by atoms with van der Waals surface area (Å²) >= 11 is 1.53. The summed E-state index contributed by atoms with van der Waals surface area (Å²) in [4.78, 5) is 19.8. The Bertz CT molecular complexity index is 653. The molecule has 1 aliphatic heterocycles. The fraction of sp³-hybridized carbons (Fsp3) is 0.538. The monoisotopic (exact) mass is 314 g/mol. The van der Waals surface area contributed by atoms with E-state index < -0.39 is 0 Å². The minimum absolute atomic E-state index is 0. The molecule has 2 aromatic rings. The summed E-state index contributed by atoms with van der Waals surface area (Å²) in [7, 11) is 0. The van der Waals surface area contributed by atoms with Crippen molar-refractivity contribution in [2.45, 2.75) is 26.4 Å². The van der Waals surface area contributed by atoms with Gasteiger partial charge in [-0.25, -0.2) is 4.98 Å². The van der Waals surface area contributed by atoms with E-state index in [0.717, 1.165) is 42.5 Å². The summed E-state index contributed by atoms with van der Waals surface area (Å²) in [5.41, 5.74) is 1.86. The summed E-state index contributed by atoms with van der Waals surface area (Å²) in [6.07, 6.45) is 0. The number of halogens is 1. The van der Waals surface area contributed by atoms with Crippen LogP contribution in [0.3, 0.4) is 0 Å². The lowest BCUT2D eigenvalue weighted by atomic mass is 10.2. The van der Waals surface area contributed by atoms with Crippen molar-refractivity contribution in [1.82, 2.24) is 19.6 Å². The van der Waals surface area contributed by atoms with Crippen LogP contribution in [-0.2, 0) is 6.54 Å². The van der Waals surface area contributed by atoms with Gasteiger partial charge in [0.25, 0.3) is 5.56 Å². The van der Waals surface area contributed by atoms with Gasteiger partial charge in [-0.2, -0.15) is 0 Å². The molecule has 0 radical (unpaired) electrons. The molecule has 7 heteroatoms.